The van der Waals surface area contributed by atoms with Crippen LogP contribution in [0.25, 0.3) is 0 Å². The number of benzene rings is 1. The van der Waals surface area contributed by atoms with E-state index in [0.29, 0.717) is 19.0 Å². The van der Waals surface area contributed by atoms with Crippen molar-refractivity contribution in [2.45, 2.75) is 52.5 Å². The predicted molar refractivity (Wildman–Crippen MR) is 125 cm³/mol. The van der Waals surface area contributed by atoms with Gasteiger partial charge in [0.05, 0.1) is 12.8 Å². The number of unbranched alkanes of at least 4 members (excludes halogenated alkanes) is 1. The Hall–Kier alpha value is -1.77. The minimum Gasteiger partial charge on any atom is -0.494 e. The summed E-state index contributed by atoms with van der Waals surface area (Å²) in [6.45, 7) is 11.1. The number of aliphatic imine (C=N–C) groups is 1. The van der Waals surface area contributed by atoms with E-state index in [1.54, 1.807) is 6.20 Å². The van der Waals surface area contributed by atoms with E-state index < -0.39 is 0 Å². The molecule has 1 aromatic heterocycles. The topological polar surface area (TPSA) is 71.7 Å². The molecule has 0 aliphatic rings. The summed E-state index contributed by atoms with van der Waals surface area (Å²) in [4.78, 5) is 8.87. The minimum absolute atomic E-state index is 0. The third-order valence-corrected chi connectivity index (χ3v) is 3.88. The Morgan fingerprint density at radius 2 is 1.89 bits per heavy atom. The van der Waals surface area contributed by atoms with Crippen LogP contribution in [0.15, 0.2) is 45.9 Å². The van der Waals surface area contributed by atoms with Gasteiger partial charge in [-0.2, -0.15) is 0 Å². The second-order valence-electron chi connectivity index (χ2n) is 7.36. The molecule has 28 heavy (non-hydrogen) atoms. The molecule has 156 valence electrons. The summed E-state index contributed by atoms with van der Waals surface area (Å²) in [5.74, 6) is 3.20. The van der Waals surface area contributed by atoms with Crippen LogP contribution >= 0.6 is 24.0 Å². The largest absolute Gasteiger partial charge is 0.494 e. The zero-order chi connectivity index (χ0) is 19.5. The van der Waals surface area contributed by atoms with E-state index in [-0.39, 0.29) is 29.4 Å². The van der Waals surface area contributed by atoms with E-state index >= 15 is 0 Å². The highest BCUT2D eigenvalue weighted by Crippen LogP contribution is 2.22. The number of oxazole rings is 1. The van der Waals surface area contributed by atoms with Crippen LogP contribution in [0.4, 0.5) is 0 Å². The standard InChI is InChI=1S/C21H32N4O2.HI/c1-5-22-20(25-16-19-24-15-18(27-19)21(2,3)4)23-13-9-10-14-26-17-11-7-6-8-12-17;/h6-8,11-12,15H,5,9-10,13-14,16H2,1-4H3,(H2,22,23,25);1H. The highest BCUT2D eigenvalue weighted by Gasteiger charge is 2.18. The number of aromatic nitrogens is 1. The maximum absolute atomic E-state index is 5.79. The Morgan fingerprint density at radius 1 is 1.14 bits per heavy atom. The van der Waals surface area contributed by atoms with Gasteiger partial charge >= 0.3 is 0 Å². The van der Waals surface area contributed by atoms with Crippen molar-refractivity contribution in [3.63, 3.8) is 0 Å². The molecule has 6 nitrogen and oxygen atoms in total. The van der Waals surface area contributed by atoms with Gasteiger partial charge < -0.3 is 19.8 Å². The fourth-order valence-electron chi connectivity index (χ4n) is 2.36. The van der Waals surface area contributed by atoms with Crippen LogP contribution in [0.3, 0.4) is 0 Å². The average molecular weight is 500 g/mol. The fraction of sp³-hybridized carbons (Fsp3) is 0.524. The quantitative estimate of drug-likeness (QED) is 0.230. The molecule has 0 radical (unpaired) electrons. The molecule has 0 saturated carbocycles. The molecule has 1 heterocycles. The van der Waals surface area contributed by atoms with E-state index in [4.69, 9.17) is 9.15 Å². The highest BCUT2D eigenvalue weighted by atomic mass is 127. The zero-order valence-electron chi connectivity index (χ0n) is 17.3. The first-order valence-electron chi connectivity index (χ1n) is 9.64. The van der Waals surface area contributed by atoms with Gasteiger partial charge in [0, 0.05) is 18.5 Å². The molecular weight excluding hydrogens is 467 g/mol. The summed E-state index contributed by atoms with van der Waals surface area (Å²) in [7, 11) is 0. The lowest BCUT2D eigenvalue weighted by Crippen LogP contribution is -2.37. The maximum atomic E-state index is 5.79. The Kier molecular flexibility index (Phi) is 11.0. The van der Waals surface area contributed by atoms with Crippen LogP contribution in [0.1, 0.15) is 52.2 Å². The molecule has 0 aliphatic carbocycles. The summed E-state index contributed by atoms with van der Waals surface area (Å²) in [6.07, 6.45) is 3.78. The SMILES string of the molecule is CCNC(=NCc1ncc(C(C)(C)C)o1)NCCCCOc1ccccc1.I. The van der Waals surface area contributed by atoms with Crippen LogP contribution in [0, 0.1) is 0 Å². The van der Waals surface area contributed by atoms with E-state index in [0.717, 1.165) is 43.4 Å². The number of nitrogens with zero attached hydrogens (tertiary/aromatic N) is 2. The van der Waals surface area contributed by atoms with Gasteiger partial charge in [0.15, 0.2) is 5.96 Å². The van der Waals surface area contributed by atoms with E-state index in [1.807, 2.05) is 37.3 Å². The monoisotopic (exact) mass is 500 g/mol. The van der Waals surface area contributed by atoms with Gasteiger partial charge in [0.25, 0.3) is 0 Å². The number of halogens is 1. The highest BCUT2D eigenvalue weighted by molar-refractivity contribution is 14.0. The number of rotatable bonds is 9. The molecule has 7 heteroatoms. The molecular formula is C21H33IN4O2. The van der Waals surface area contributed by atoms with Gasteiger partial charge in [-0.1, -0.05) is 39.0 Å². The van der Waals surface area contributed by atoms with Crippen LogP contribution < -0.4 is 15.4 Å². The molecule has 0 bridgehead atoms. The molecule has 1 aromatic carbocycles. The smallest absolute Gasteiger partial charge is 0.216 e. The van der Waals surface area contributed by atoms with E-state index in [2.05, 4.69) is 41.4 Å². The number of hydrogen-bond acceptors (Lipinski definition) is 4. The first kappa shape index (κ1) is 24.3. The van der Waals surface area contributed by atoms with Crippen LogP contribution in [0.2, 0.25) is 0 Å². The summed E-state index contributed by atoms with van der Waals surface area (Å²) < 4.78 is 11.5. The summed E-state index contributed by atoms with van der Waals surface area (Å²) in [5.41, 5.74) is -0.0421. The van der Waals surface area contributed by atoms with Crippen LogP contribution in [-0.2, 0) is 12.0 Å². The van der Waals surface area contributed by atoms with Gasteiger partial charge in [-0.25, -0.2) is 9.98 Å². The molecule has 0 saturated heterocycles. The number of nitrogens with one attached hydrogen (secondary N) is 2. The van der Waals surface area contributed by atoms with Gasteiger partial charge in [-0.15, -0.1) is 24.0 Å². The number of guanidine groups is 1. The van der Waals surface area contributed by atoms with Crippen molar-refractivity contribution in [1.82, 2.24) is 15.6 Å². The van der Waals surface area contributed by atoms with Crippen molar-refractivity contribution in [2.24, 2.45) is 4.99 Å². The maximum Gasteiger partial charge on any atom is 0.216 e. The van der Waals surface area contributed by atoms with E-state index in [9.17, 15) is 0 Å². The first-order valence-corrected chi connectivity index (χ1v) is 9.64. The fourth-order valence-corrected chi connectivity index (χ4v) is 2.36. The van der Waals surface area contributed by atoms with Crippen molar-refractivity contribution >= 4 is 29.9 Å². The van der Waals surface area contributed by atoms with Crippen LogP contribution in [0.5, 0.6) is 5.75 Å². The Labute approximate surface area is 185 Å². The molecule has 0 aliphatic heterocycles. The van der Waals surface area contributed by atoms with Gasteiger partial charge in [0.1, 0.15) is 18.1 Å². The number of ether oxygens (including phenoxy) is 1. The zero-order valence-corrected chi connectivity index (χ0v) is 19.7. The Morgan fingerprint density at radius 3 is 2.54 bits per heavy atom. The molecule has 0 atom stereocenters. The Balaban J connectivity index is 0.00000392. The first-order chi connectivity index (χ1) is 13.0. The number of para-hydroxylation sites is 1. The minimum atomic E-state index is -0.0421. The van der Waals surface area contributed by atoms with E-state index in [1.165, 1.54) is 0 Å². The lowest BCUT2D eigenvalue weighted by molar-refractivity contribution is 0.307. The second kappa shape index (κ2) is 12.6. The molecule has 2 aromatic rings. The third kappa shape index (κ3) is 8.95. The van der Waals surface area contributed by atoms with Crippen molar-refractivity contribution in [2.75, 3.05) is 19.7 Å². The predicted octanol–water partition coefficient (Wildman–Crippen LogP) is 4.50. The Bertz CT molecular complexity index is 696. The van der Waals surface area contributed by atoms with Crippen molar-refractivity contribution in [3.8, 4) is 5.75 Å². The average Bonchev–Trinajstić information content (AvgIpc) is 3.13. The second-order valence-corrected chi connectivity index (χ2v) is 7.36. The third-order valence-electron chi connectivity index (χ3n) is 3.88. The normalized spacial score (nSPS) is 11.6. The molecule has 0 amide bonds. The molecule has 0 spiro atoms. The van der Waals surface area contributed by atoms with Crippen LogP contribution in [-0.4, -0.2) is 30.6 Å². The van der Waals surface area contributed by atoms with Gasteiger partial charge in [-0.3, -0.25) is 0 Å². The summed E-state index contributed by atoms with van der Waals surface area (Å²) in [6, 6.07) is 9.90. The lowest BCUT2D eigenvalue weighted by atomic mass is 9.94. The molecule has 0 fully saturated rings. The molecule has 0 unspecified atom stereocenters. The van der Waals surface area contributed by atoms with Crippen molar-refractivity contribution < 1.29 is 9.15 Å². The number of hydrogen-bond donors (Lipinski definition) is 2. The summed E-state index contributed by atoms with van der Waals surface area (Å²) in [5, 5.41) is 6.59. The van der Waals surface area contributed by atoms with Gasteiger partial charge in [0.2, 0.25) is 5.89 Å². The molecule has 2 rings (SSSR count). The van der Waals surface area contributed by atoms with Gasteiger partial charge in [-0.05, 0) is 31.9 Å². The van der Waals surface area contributed by atoms with Crippen molar-refractivity contribution in [1.29, 1.82) is 0 Å². The lowest BCUT2D eigenvalue weighted by Gasteiger charge is -2.13. The molecule has 2 N–H and O–H groups in total. The summed E-state index contributed by atoms with van der Waals surface area (Å²) >= 11 is 0. The van der Waals surface area contributed by atoms with Crippen molar-refractivity contribution in [3.05, 3.63) is 48.2 Å².